The molecular formula is C33H36N4O5. The maximum absolute atomic E-state index is 11.7. The number of nitrogens with zero attached hydrogens (tertiary/aromatic N) is 4. The highest BCUT2D eigenvalue weighted by Gasteiger charge is 2.28. The van der Waals surface area contributed by atoms with Crippen molar-refractivity contribution in [1.82, 2.24) is 19.7 Å². The molecule has 42 heavy (non-hydrogen) atoms. The van der Waals surface area contributed by atoms with E-state index in [2.05, 4.69) is 29.1 Å². The molecule has 2 aromatic carbocycles. The quantitative estimate of drug-likeness (QED) is 0.288. The molecule has 1 fully saturated rings. The van der Waals surface area contributed by atoms with Gasteiger partial charge in [-0.2, -0.15) is 9.78 Å². The van der Waals surface area contributed by atoms with Crippen LogP contribution in [0.25, 0.3) is 17.1 Å². The van der Waals surface area contributed by atoms with Crippen LogP contribution >= 0.6 is 0 Å². The molecule has 0 aliphatic carbocycles. The summed E-state index contributed by atoms with van der Waals surface area (Å²) in [5.41, 5.74) is 7.88. The summed E-state index contributed by atoms with van der Waals surface area (Å²) in [6, 6.07) is 16.6. The van der Waals surface area contributed by atoms with Crippen molar-refractivity contribution in [2.45, 2.75) is 52.8 Å². The van der Waals surface area contributed by atoms with Gasteiger partial charge in [0, 0.05) is 31.3 Å². The third kappa shape index (κ3) is 5.37. The van der Waals surface area contributed by atoms with E-state index >= 15 is 0 Å². The van der Waals surface area contributed by atoms with Gasteiger partial charge in [0.15, 0.2) is 5.82 Å². The number of para-hydroxylation sites is 1. The number of carboxylic acid groups (broad SMARTS) is 1. The first-order valence-electron chi connectivity index (χ1n) is 14.5. The lowest BCUT2D eigenvalue weighted by Crippen LogP contribution is -2.39. The first-order chi connectivity index (χ1) is 20.4. The summed E-state index contributed by atoms with van der Waals surface area (Å²) >= 11 is 0. The molecule has 0 saturated carbocycles. The normalized spacial score (nSPS) is 16.8. The number of aryl methyl sites for hydroxylation is 1. The number of hydrogen-bond acceptors (Lipinski definition) is 7. The van der Waals surface area contributed by atoms with E-state index in [1.54, 1.807) is 13.0 Å². The number of aromatic nitrogens is 3. The van der Waals surface area contributed by atoms with Crippen molar-refractivity contribution in [3.8, 4) is 28.7 Å². The highest BCUT2D eigenvalue weighted by molar-refractivity contribution is 5.90. The minimum atomic E-state index is -1.10. The van der Waals surface area contributed by atoms with Crippen LogP contribution in [0.5, 0.6) is 11.6 Å². The van der Waals surface area contributed by atoms with Crippen LogP contribution in [-0.4, -0.2) is 63.1 Å². The topological polar surface area (TPSA) is 98.9 Å². The van der Waals surface area contributed by atoms with Gasteiger partial charge in [-0.3, -0.25) is 4.90 Å². The number of aromatic carboxylic acids is 1. The summed E-state index contributed by atoms with van der Waals surface area (Å²) in [4.78, 5) is 19.1. The first-order valence-corrected chi connectivity index (χ1v) is 14.5. The van der Waals surface area contributed by atoms with Crippen molar-refractivity contribution in [3.05, 3.63) is 88.1 Å². The Morgan fingerprint density at radius 2 is 1.98 bits per heavy atom. The van der Waals surface area contributed by atoms with Crippen molar-refractivity contribution in [3.63, 3.8) is 0 Å². The van der Waals surface area contributed by atoms with Gasteiger partial charge in [0.1, 0.15) is 17.9 Å². The average molecular weight is 569 g/mol. The van der Waals surface area contributed by atoms with E-state index in [1.165, 1.54) is 33.1 Å². The van der Waals surface area contributed by atoms with Gasteiger partial charge in [0.25, 0.3) is 0 Å². The lowest BCUT2D eigenvalue weighted by Gasteiger charge is -2.34. The highest BCUT2D eigenvalue weighted by atomic mass is 16.5. The Hall–Kier alpha value is -4.21. The van der Waals surface area contributed by atoms with Gasteiger partial charge < -0.3 is 19.3 Å². The molecule has 1 saturated heterocycles. The van der Waals surface area contributed by atoms with E-state index < -0.39 is 5.97 Å². The summed E-state index contributed by atoms with van der Waals surface area (Å²) in [7, 11) is 0. The number of rotatable bonds is 9. The Balaban J connectivity index is 1.25. The monoisotopic (exact) mass is 568 g/mol. The minimum absolute atomic E-state index is 0.00990. The summed E-state index contributed by atoms with van der Waals surface area (Å²) in [5, 5.41) is 13.8. The predicted octanol–water partition coefficient (Wildman–Crippen LogP) is 5.37. The largest absolute Gasteiger partial charge is 0.488 e. The van der Waals surface area contributed by atoms with E-state index in [9.17, 15) is 9.90 Å². The molecule has 0 spiro atoms. The van der Waals surface area contributed by atoms with Crippen LogP contribution in [0.1, 0.15) is 51.5 Å². The van der Waals surface area contributed by atoms with Crippen LogP contribution in [0, 0.1) is 13.8 Å². The summed E-state index contributed by atoms with van der Waals surface area (Å²) in [5.74, 6) is 0.273. The zero-order chi connectivity index (χ0) is 29.2. The van der Waals surface area contributed by atoms with E-state index in [0.29, 0.717) is 30.8 Å². The predicted molar refractivity (Wildman–Crippen MR) is 159 cm³/mol. The zero-order valence-corrected chi connectivity index (χ0v) is 24.3. The number of carboxylic acids is 1. The van der Waals surface area contributed by atoms with Gasteiger partial charge in [0.05, 0.1) is 25.1 Å². The second-order valence-electron chi connectivity index (χ2n) is 10.9. The van der Waals surface area contributed by atoms with Crippen LogP contribution in [0.3, 0.4) is 0 Å². The summed E-state index contributed by atoms with van der Waals surface area (Å²) < 4.78 is 19.2. The lowest BCUT2D eigenvalue weighted by molar-refractivity contribution is 0.0692. The zero-order valence-electron chi connectivity index (χ0n) is 24.3. The fraction of sp³-hybridized carbons (Fsp3) is 0.364. The molecule has 1 atom stereocenters. The molecule has 9 heteroatoms. The minimum Gasteiger partial charge on any atom is -0.488 e. The van der Waals surface area contributed by atoms with Crippen molar-refractivity contribution in [1.29, 1.82) is 0 Å². The second-order valence-corrected chi connectivity index (χ2v) is 10.9. The fourth-order valence-electron chi connectivity index (χ4n) is 6.00. The molecule has 1 N–H and O–H groups in total. The molecule has 6 rings (SSSR count). The molecule has 4 aromatic rings. The van der Waals surface area contributed by atoms with Crippen molar-refractivity contribution in [2.75, 3.05) is 26.4 Å². The van der Waals surface area contributed by atoms with Gasteiger partial charge in [0.2, 0.25) is 5.88 Å². The molecule has 0 bridgehead atoms. The van der Waals surface area contributed by atoms with Crippen molar-refractivity contribution >= 4 is 5.97 Å². The Morgan fingerprint density at radius 1 is 1.12 bits per heavy atom. The van der Waals surface area contributed by atoms with Crippen LogP contribution in [0.4, 0.5) is 0 Å². The maximum Gasteiger partial charge on any atom is 0.342 e. The lowest BCUT2D eigenvalue weighted by atomic mass is 9.91. The van der Waals surface area contributed by atoms with Crippen LogP contribution in [0.2, 0.25) is 0 Å². The second kappa shape index (κ2) is 12.0. The number of carbonyl (C=O) groups is 1. The smallest absolute Gasteiger partial charge is 0.342 e. The van der Waals surface area contributed by atoms with Crippen molar-refractivity contribution < 1.29 is 24.1 Å². The summed E-state index contributed by atoms with van der Waals surface area (Å²) in [6.07, 6.45) is 3.44. The van der Waals surface area contributed by atoms with E-state index in [1.807, 2.05) is 37.3 Å². The standard InChI is InChI=1S/C33H36N4O5/c1-4-41-32-28(33(38)39)17-34-37(32)30-10-6-9-29(35-30)27-8-5-7-21(2)31(27)42-19-24-12-11-23-18-36(25-14-16-40-20-25)15-13-26(23)22(24)3/h5-12,17,25H,4,13-16,18-20H2,1-3H3,(H,38,39)/t25-/m1/s1. The molecule has 0 amide bonds. The van der Waals surface area contributed by atoms with Gasteiger partial charge >= 0.3 is 5.97 Å². The van der Waals surface area contributed by atoms with E-state index in [0.717, 1.165) is 56.0 Å². The molecular weight excluding hydrogens is 532 g/mol. The van der Waals surface area contributed by atoms with Gasteiger partial charge in [-0.1, -0.05) is 30.3 Å². The molecule has 2 aliphatic heterocycles. The SMILES string of the molecule is CCOc1c(C(=O)O)cnn1-c1cccc(-c2cccc(C)c2OCc2ccc3c(c2C)CCN([C@@H]2CCOC2)C3)n1. The number of benzene rings is 2. The van der Waals surface area contributed by atoms with E-state index in [4.69, 9.17) is 19.2 Å². The molecule has 2 aliphatic rings. The maximum atomic E-state index is 11.7. The van der Waals surface area contributed by atoms with E-state index in [-0.39, 0.29) is 11.4 Å². The fourth-order valence-corrected chi connectivity index (χ4v) is 6.00. The number of fused-ring (bicyclic) bond motifs is 1. The van der Waals surface area contributed by atoms with Crippen LogP contribution in [0.15, 0.2) is 54.7 Å². The van der Waals surface area contributed by atoms with Gasteiger partial charge in [-0.15, -0.1) is 0 Å². The van der Waals surface area contributed by atoms with Gasteiger partial charge in [-0.05, 0) is 79.6 Å². The number of pyridine rings is 1. The third-order valence-electron chi connectivity index (χ3n) is 8.30. The molecule has 2 aromatic heterocycles. The van der Waals surface area contributed by atoms with Crippen LogP contribution < -0.4 is 9.47 Å². The highest BCUT2D eigenvalue weighted by Crippen LogP contribution is 2.35. The third-order valence-corrected chi connectivity index (χ3v) is 8.30. The Labute approximate surface area is 245 Å². The number of hydrogen-bond donors (Lipinski definition) is 1. The molecule has 218 valence electrons. The molecule has 4 heterocycles. The Bertz CT molecular complexity index is 1610. The molecule has 0 unspecified atom stereocenters. The summed E-state index contributed by atoms with van der Waals surface area (Å²) in [6.45, 7) is 10.5. The first kappa shape index (κ1) is 27.9. The Kier molecular flexibility index (Phi) is 7.95. The van der Waals surface area contributed by atoms with Crippen molar-refractivity contribution in [2.24, 2.45) is 0 Å². The molecule has 9 nitrogen and oxygen atoms in total. The average Bonchev–Trinajstić information content (AvgIpc) is 3.69. The number of ether oxygens (including phenoxy) is 3. The van der Waals surface area contributed by atoms with Gasteiger partial charge in [-0.25, -0.2) is 9.78 Å². The Morgan fingerprint density at radius 3 is 2.76 bits per heavy atom. The van der Waals surface area contributed by atoms with Crippen LogP contribution in [-0.2, 0) is 24.3 Å². The molecule has 0 radical (unpaired) electrons.